The summed E-state index contributed by atoms with van der Waals surface area (Å²) in [7, 11) is 0. The van der Waals surface area contributed by atoms with Crippen molar-refractivity contribution >= 4 is 17.6 Å². The Bertz CT molecular complexity index is 1000. The zero-order valence-corrected chi connectivity index (χ0v) is 15.5. The number of hydrogen-bond acceptors (Lipinski definition) is 6. The predicted octanol–water partition coefficient (Wildman–Crippen LogP) is 4.25. The average molecular weight is 380 g/mol. The molecule has 0 fully saturated rings. The average Bonchev–Trinajstić information content (AvgIpc) is 2.64. The molecule has 3 aromatic rings. The van der Waals surface area contributed by atoms with Gasteiger partial charge in [0.05, 0.1) is 0 Å². The Kier molecular flexibility index (Phi) is 5.89. The topological polar surface area (TPSA) is 84.8 Å². The van der Waals surface area contributed by atoms with E-state index in [0.717, 1.165) is 11.1 Å². The van der Waals surface area contributed by atoms with Crippen LogP contribution in [-0.4, -0.2) is 9.97 Å². The van der Waals surface area contributed by atoms with E-state index >= 15 is 0 Å². The highest BCUT2D eigenvalue weighted by atomic mass is 32.2. The van der Waals surface area contributed by atoms with Crippen molar-refractivity contribution < 1.29 is 9.13 Å². The zero-order chi connectivity index (χ0) is 19.2. The van der Waals surface area contributed by atoms with E-state index in [0.29, 0.717) is 22.4 Å². The lowest BCUT2D eigenvalue weighted by atomic mass is 10.2. The molecule has 0 aliphatic carbocycles. The molecular weight excluding hydrogens is 363 g/mol. The molecule has 0 radical (unpaired) electrons. The van der Waals surface area contributed by atoms with Crippen LogP contribution in [-0.2, 0) is 12.4 Å². The maximum Gasteiger partial charge on any atom is 0.190 e. The van der Waals surface area contributed by atoms with Crippen molar-refractivity contribution in [3.05, 3.63) is 76.7 Å². The molecule has 27 heavy (non-hydrogen) atoms. The number of nitrogen functional groups attached to an aromatic ring is 1. The van der Waals surface area contributed by atoms with Gasteiger partial charge in [-0.3, -0.25) is 0 Å². The Morgan fingerprint density at radius 3 is 2.74 bits per heavy atom. The number of anilines is 1. The third-order valence-electron chi connectivity index (χ3n) is 3.73. The van der Waals surface area contributed by atoms with Crippen molar-refractivity contribution in [3.63, 3.8) is 0 Å². The van der Waals surface area contributed by atoms with Crippen LogP contribution in [0.2, 0.25) is 0 Å². The SMILES string of the molecule is Cc1cccc(OCc2nc(SCc3cccc(F)c3)nc(N)c2C#N)c1. The molecule has 0 aliphatic heterocycles. The van der Waals surface area contributed by atoms with E-state index in [9.17, 15) is 9.65 Å². The molecule has 136 valence electrons. The summed E-state index contributed by atoms with van der Waals surface area (Å²) in [6.07, 6.45) is 0. The van der Waals surface area contributed by atoms with Crippen LogP contribution in [0.4, 0.5) is 10.2 Å². The van der Waals surface area contributed by atoms with Gasteiger partial charge in [-0.25, -0.2) is 14.4 Å². The second kappa shape index (κ2) is 8.52. The van der Waals surface area contributed by atoms with Gasteiger partial charge in [0, 0.05) is 5.75 Å². The van der Waals surface area contributed by atoms with Crippen LogP contribution in [0.15, 0.2) is 53.7 Å². The fraction of sp³-hybridized carbons (Fsp3) is 0.150. The molecule has 0 atom stereocenters. The molecule has 7 heteroatoms. The first-order valence-corrected chi connectivity index (χ1v) is 9.17. The Morgan fingerprint density at radius 2 is 2.00 bits per heavy atom. The number of thioether (sulfide) groups is 1. The van der Waals surface area contributed by atoms with E-state index in [1.165, 1.54) is 23.9 Å². The maximum absolute atomic E-state index is 13.3. The first kappa shape index (κ1) is 18.7. The number of hydrogen-bond donors (Lipinski definition) is 1. The van der Waals surface area contributed by atoms with Crippen molar-refractivity contribution in [2.24, 2.45) is 0 Å². The van der Waals surface area contributed by atoms with Crippen LogP contribution in [0, 0.1) is 24.1 Å². The van der Waals surface area contributed by atoms with E-state index in [2.05, 4.69) is 9.97 Å². The van der Waals surface area contributed by atoms with Crippen LogP contribution >= 0.6 is 11.8 Å². The van der Waals surface area contributed by atoms with Gasteiger partial charge in [-0.15, -0.1) is 0 Å². The fourth-order valence-electron chi connectivity index (χ4n) is 2.43. The van der Waals surface area contributed by atoms with Crippen molar-refractivity contribution in [1.29, 1.82) is 5.26 Å². The van der Waals surface area contributed by atoms with E-state index in [4.69, 9.17) is 10.5 Å². The smallest absolute Gasteiger partial charge is 0.190 e. The number of nitriles is 1. The minimum atomic E-state index is -0.291. The number of nitrogens with two attached hydrogens (primary N) is 1. The second-order valence-corrected chi connectivity index (χ2v) is 6.79. The molecule has 0 bridgehead atoms. The number of aryl methyl sites for hydroxylation is 1. The molecule has 0 saturated heterocycles. The third kappa shape index (κ3) is 4.96. The summed E-state index contributed by atoms with van der Waals surface area (Å²) in [6, 6.07) is 16.0. The fourth-order valence-corrected chi connectivity index (χ4v) is 3.24. The molecule has 2 N–H and O–H groups in total. The summed E-state index contributed by atoms with van der Waals surface area (Å²) in [5.41, 5.74) is 8.43. The second-order valence-electron chi connectivity index (χ2n) is 5.85. The minimum absolute atomic E-state index is 0.104. The van der Waals surface area contributed by atoms with Gasteiger partial charge in [-0.2, -0.15) is 5.26 Å². The number of aromatic nitrogens is 2. The Hall–Kier alpha value is -3.11. The largest absolute Gasteiger partial charge is 0.487 e. The maximum atomic E-state index is 13.3. The highest BCUT2D eigenvalue weighted by Gasteiger charge is 2.14. The summed E-state index contributed by atoms with van der Waals surface area (Å²) < 4.78 is 19.0. The van der Waals surface area contributed by atoms with Crippen LogP contribution in [0.25, 0.3) is 0 Å². The minimum Gasteiger partial charge on any atom is -0.487 e. The van der Waals surface area contributed by atoms with Gasteiger partial charge < -0.3 is 10.5 Å². The summed E-state index contributed by atoms with van der Waals surface area (Å²) >= 11 is 1.32. The van der Waals surface area contributed by atoms with Gasteiger partial charge in [0.1, 0.15) is 41.3 Å². The van der Waals surface area contributed by atoms with Crippen molar-refractivity contribution in [3.8, 4) is 11.8 Å². The van der Waals surface area contributed by atoms with Gasteiger partial charge in [-0.05, 0) is 42.3 Å². The molecular formula is C20H17FN4OS. The summed E-state index contributed by atoms with van der Waals surface area (Å²) in [6.45, 7) is 2.07. The van der Waals surface area contributed by atoms with Crippen LogP contribution < -0.4 is 10.5 Å². The summed E-state index contributed by atoms with van der Waals surface area (Å²) in [5.74, 6) is 0.990. The Balaban J connectivity index is 1.77. The van der Waals surface area contributed by atoms with Crippen LogP contribution in [0.1, 0.15) is 22.4 Å². The number of ether oxygens (including phenoxy) is 1. The molecule has 0 amide bonds. The molecule has 2 aromatic carbocycles. The van der Waals surface area contributed by atoms with Crippen LogP contribution in [0.5, 0.6) is 5.75 Å². The predicted molar refractivity (Wildman–Crippen MR) is 103 cm³/mol. The Labute approximate surface area is 161 Å². The van der Waals surface area contributed by atoms with E-state index in [1.807, 2.05) is 43.3 Å². The van der Waals surface area contributed by atoms with Crippen LogP contribution in [0.3, 0.4) is 0 Å². The van der Waals surface area contributed by atoms with Gasteiger partial charge >= 0.3 is 0 Å². The van der Waals surface area contributed by atoms with Crippen molar-refractivity contribution in [2.45, 2.75) is 24.4 Å². The first-order chi connectivity index (χ1) is 13.0. The molecule has 1 aromatic heterocycles. The van der Waals surface area contributed by atoms with Gasteiger partial charge in [0.25, 0.3) is 0 Å². The molecule has 0 unspecified atom stereocenters. The number of rotatable bonds is 6. The van der Waals surface area contributed by atoms with Gasteiger partial charge in [0.15, 0.2) is 5.16 Å². The molecule has 0 aliphatic rings. The number of halogens is 1. The zero-order valence-electron chi connectivity index (χ0n) is 14.6. The van der Waals surface area contributed by atoms with Gasteiger partial charge in [0.2, 0.25) is 0 Å². The molecule has 0 saturated carbocycles. The normalized spacial score (nSPS) is 10.4. The quantitative estimate of drug-likeness (QED) is 0.508. The summed E-state index contributed by atoms with van der Waals surface area (Å²) in [4.78, 5) is 8.58. The summed E-state index contributed by atoms with van der Waals surface area (Å²) in [5, 5.41) is 9.77. The lowest BCUT2D eigenvalue weighted by Crippen LogP contribution is -2.08. The first-order valence-electron chi connectivity index (χ1n) is 8.18. The highest BCUT2D eigenvalue weighted by molar-refractivity contribution is 7.98. The molecule has 0 spiro atoms. The molecule has 1 heterocycles. The van der Waals surface area contributed by atoms with E-state index in [1.54, 1.807) is 6.07 Å². The highest BCUT2D eigenvalue weighted by Crippen LogP contribution is 2.24. The third-order valence-corrected chi connectivity index (χ3v) is 4.64. The van der Waals surface area contributed by atoms with E-state index < -0.39 is 0 Å². The lowest BCUT2D eigenvalue weighted by Gasteiger charge is -2.10. The van der Waals surface area contributed by atoms with E-state index in [-0.39, 0.29) is 23.8 Å². The van der Waals surface area contributed by atoms with Gasteiger partial charge in [-0.1, -0.05) is 36.0 Å². The lowest BCUT2D eigenvalue weighted by molar-refractivity contribution is 0.299. The number of nitrogens with zero attached hydrogens (tertiary/aromatic N) is 3. The Morgan fingerprint density at radius 1 is 1.19 bits per heavy atom. The molecule has 3 rings (SSSR count). The monoisotopic (exact) mass is 380 g/mol. The molecule has 5 nitrogen and oxygen atoms in total. The van der Waals surface area contributed by atoms with Crippen molar-refractivity contribution in [1.82, 2.24) is 9.97 Å². The van der Waals surface area contributed by atoms with Crippen molar-refractivity contribution in [2.75, 3.05) is 5.73 Å². The number of benzene rings is 2. The standard InChI is InChI=1S/C20H17FN4OS/c1-13-4-2-7-16(8-13)26-11-18-17(10-22)19(23)25-20(24-18)27-12-14-5-3-6-15(21)9-14/h2-9H,11-12H2,1H3,(H2,23,24,25).